The van der Waals surface area contributed by atoms with E-state index in [-0.39, 0.29) is 11.8 Å². The summed E-state index contributed by atoms with van der Waals surface area (Å²) in [6, 6.07) is 0. The summed E-state index contributed by atoms with van der Waals surface area (Å²) in [5, 5.41) is 0. The number of likely N-dealkylation sites (N-methyl/N-ethyl adjacent to an activating group) is 1. The Morgan fingerprint density at radius 1 is 1.50 bits per heavy atom. The van der Waals surface area contributed by atoms with Gasteiger partial charge in [-0.2, -0.15) is 0 Å². The number of carbonyl (C=O) groups excluding carboxylic acids is 1. The summed E-state index contributed by atoms with van der Waals surface area (Å²) in [6.45, 7) is 2.74. The second-order valence-electron chi connectivity index (χ2n) is 4.46. The molecule has 16 heavy (non-hydrogen) atoms. The van der Waals surface area contributed by atoms with E-state index in [9.17, 15) is 4.79 Å². The zero-order valence-electron chi connectivity index (χ0n) is 10.2. The molecule has 1 saturated carbocycles. The predicted molar refractivity (Wildman–Crippen MR) is 62.7 cm³/mol. The number of carbonyl (C=O) groups is 1. The summed E-state index contributed by atoms with van der Waals surface area (Å²) in [5.41, 5.74) is 2.42. The molecule has 1 aliphatic heterocycles. The summed E-state index contributed by atoms with van der Waals surface area (Å²) in [6.07, 6.45) is 6.21. The van der Waals surface area contributed by atoms with Gasteiger partial charge in [0.25, 0.3) is 0 Å². The van der Waals surface area contributed by atoms with E-state index >= 15 is 0 Å². The number of methoxy groups -OCH3 is 1. The highest BCUT2D eigenvalue weighted by atomic mass is 16.5. The number of amides is 1. The first-order valence-corrected chi connectivity index (χ1v) is 5.84. The van der Waals surface area contributed by atoms with Crippen LogP contribution in [-0.4, -0.2) is 31.6 Å². The molecule has 0 aromatic carbocycles. The summed E-state index contributed by atoms with van der Waals surface area (Å²) in [7, 11) is 3.59. The number of likely N-dealkylation sites (tertiary alicyclic amines) is 1. The Balaban J connectivity index is 2.17. The number of nitrogens with zero attached hydrogens (tertiary/aromatic N) is 1. The van der Waals surface area contributed by atoms with E-state index in [0.717, 1.165) is 25.1 Å². The minimum atomic E-state index is 0.252. The second-order valence-corrected chi connectivity index (χ2v) is 4.46. The highest BCUT2D eigenvalue weighted by Gasteiger charge is 2.51. The molecule has 1 saturated heterocycles. The Bertz CT molecular complexity index is 357. The van der Waals surface area contributed by atoms with Gasteiger partial charge in [0.05, 0.1) is 0 Å². The van der Waals surface area contributed by atoms with Crippen molar-refractivity contribution in [2.24, 2.45) is 11.8 Å². The molecule has 0 bridgehead atoms. The first-order valence-electron chi connectivity index (χ1n) is 5.84. The molecule has 0 spiro atoms. The van der Waals surface area contributed by atoms with Crippen molar-refractivity contribution in [3.63, 3.8) is 0 Å². The van der Waals surface area contributed by atoms with Gasteiger partial charge in [-0.3, -0.25) is 4.79 Å². The zero-order chi connectivity index (χ0) is 11.7. The molecule has 1 aliphatic carbocycles. The van der Waals surface area contributed by atoms with Crippen LogP contribution in [0.1, 0.15) is 19.8 Å². The van der Waals surface area contributed by atoms with Gasteiger partial charge in [-0.25, -0.2) is 0 Å². The molecular weight excluding hydrogens is 202 g/mol. The predicted octanol–water partition coefficient (Wildman–Crippen LogP) is 1.96. The van der Waals surface area contributed by atoms with E-state index in [1.807, 2.05) is 20.0 Å². The van der Waals surface area contributed by atoms with Gasteiger partial charge in [0.1, 0.15) is 0 Å². The molecule has 2 rings (SSSR count). The molecule has 2 atom stereocenters. The molecule has 88 valence electrons. The van der Waals surface area contributed by atoms with Gasteiger partial charge in [-0.15, -0.1) is 0 Å². The third-order valence-electron chi connectivity index (χ3n) is 3.45. The Kier molecular flexibility index (Phi) is 3.15. The fourth-order valence-corrected chi connectivity index (χ4v) is 2.51. The number of rotatable bonds is 3. The molecule has 1 amide bonds. The third kappa shape index (κ3) is 1.80. The number of fused-ring (bicyclic) bond motifs is 1. The van der Waals surface area contributed by atoms with Crippen molar-refractivity contribution in [2.45, 2.75) is 19.8 Å². The van der Waals surface area contributed by atoms with Gasteiger partial charge in [0.2, 0.25) is 5.91 Å². The van der Waals surface area contributed by atoms with Crippen molar-refractivity contribution in [1.29, 1.82) is 0 Å². The minimum absolute atomic E-state index is 0.252. The average Bonchev–Trinajstić information content (AvgIpc) is 3.06. The van der Waals surface area contributed by atoms with Gasteiger partial charge in [0, 0.05) is 32.4 Å². The fraction of sp³-hybridized carbons (Fsp3) is 0.615. The lowest BCUT2D eigenvalue weighted by atomic mass is 9.98. The van der Waals surface area contributed by atoms with Gasteiger partial charge in [-0.1, -0.05) is 12.2 Å². The molecule has 3 heteroatoms. The van der Waals surface area contributed by atoms with Crippen molar-refractivity contribution in [2.75, 3.05) is 20.8 Å². The van der Waals surface area contributed by atoms with E-state index in [4.69, 9.17) is 4.74 Å². The average molecular weight is 221 g/mol. The van der Waals surface area contributed by atoms with Crippen LogP contribution in [0.25, 0.3) is 0 Å². The van der Waals surface area contributed by atoms with Crippen molar-refractivity contribution in [1.82, 2.24) is 4.90 Å². The van der Waals surface area contributed by atoms with Crippen LogP contribution in [0.15, 0.2) is 23.4 Å². The Morgan fingerprint density at radius 3 is 2.88 bits per heavy atom. The highest BCUT2D eigenvalue weighted by Crippen LogP contribution is 2.52. The Morgan fingerprint density at radius 2 is 2.25 bits per heavy atom. The number of piperidine rings is 1. The normalized spacial score (nSPS) is 33.4. The lowest BCUT2D eigenvalue weighted by Crippen LogP contribution is -2.33. The number of hydrogen-bond donors (Lipinski definition) is 0. The standard InChI is InChI=1S/C13H19NO2/c1-4-12-9(6-5-7-16-3)10-8-11(10)13(15)14(12)2/h4,6,10-11H,5,7-8H2,1-3H3/b9-6-,12-4+. The van der Waals surface area contributed by atoms with Crippen LogP contribution in [0.5, 0.6) is 0 Å². The Hall–Kier alpha value is -1.09. The SMILES string of the molecule is C/C=C1\C(=C/CCOC)C2CC2C(=O)N1C. The van der Waals surface area contributed by atoms with Gasteiger partial charge < -0.3 is 9.64 Å². The van der Waals surface area contributed by atoms with Crippen molar-refractivity contribution >= 4 is 5.91 Å². The van der Waals surface area contributed by atoms with E-state index < -0.39 is 0 Å². The molecule has 3 nitrogen and oxygen atoms in total. The van der Waals surface area contributed by atoms with Crippen LogP contribution in [0.2, 0.25) is 0 Å². The fourth-order valence-electron chi connectivity index (χ4n) is 2.51. The quantitative estimate of drug-likeness (QED) is 0.682. The van der Waals surface area contributed by atoms with Crippen LogP contribution >= 0.6 is 0 Å². The van der Waals surface area contributed by atoms with E-state index in [1.54, 1.807) is 12.0 Å². The molecule has 2 unspecified atom stereocenters. The van der Waals surface area contributed by atoms with E-state index in [1.165, 1.54) is 5.57 Å². The zero-order valence-corrected chi connectivity index (χ0v) is 10.2. The molecule has 2 fully saturated rings. The van der Waals surface area contributed by atoms with Crippen molar-refractivity contribution in [3.05, 3.63) is 23.4 Å². The maximum Gasteiger partial charge on any atom is 0.230 e. The first-order chi connectivity index (χ1) is 7.70. The lowest BCUT2D eigenvalue weighted by Gasteiger charge is -2.27. The molecule has 0 N–H and O–H groups in total. The maximum atomic E-state index is 11.8. The minimum Gasteiger partial charge on any atom is -0.384 e. The molecule has 1 heterocycles. The molecule has 0 radical (unpaired) electrons. The van der Waals surface area contributed by atoms with Crippen molar-refractivity contribution in [3.8, 4) is 0 Å². The van der Waals surface area contributed by atoms with Crippen LogP contribution in [0.3, 0.4) is 0 Å². The summed E-state index contributed by atoms with van der Waals surface area (Å²) >= 11 is 0. The van der Waals surface area contributed by atoms with E-state index in [2.05, 4.69) is 6.08 Å². The summed E-state index contributed by atoms with van der Waals surface area (Å²) < 4.78 is 5.05. The number of hydrogen-bond acceptors (Lipinski definition) is 2. The molecule has 0 aromatic rings. The largest absolute Gasteiger partial charge is 0.384 e. The Labute approximate surface area is 96.8 Å². The highest BCUT2D eigenvalue weighted by molar-refractivity contribution is 5.87. The second kappa shape index (κ2) is 4.42. The van der Waals surface area contributed by atoms with Crippen LogP contribution in [0, 0.1) is 11.8 Å². The van der Waals surface area contributed by atoms with Gasteiger partial charge in [-0.05, 0) is 31.3 Å². The van der Waals surface area contributed by atoms with Crippen LogP contribution in [-0.2, 0) is 9.53 Å². The summed E-state index contributed by atoms with van der Waals surface area (Å²) in [4.78, 5) is 13.6. The van der Waals surface area contributed by atoms with Crippen molar-refractivity contribution < 1.29 is 9.53 Å². The first kappa shape index (κ1) is 11.4. The molecular formula is C13H19NO2. The number of allylic oxidation sites excluding steroid dienone is 2. The van der Waals surface area contributed by atoms with Crippen LogP contribution in [0.4, 0.5) is 0 Å². The lowest BCUT2D eigenvalue weighted by molar-refractivity contribution is -0.130. The van der Waals surface area contributed by atoms with Gasteiger partial charge >= 0.3 is 0 Å². The maximum absolute atomic E-state index is 11.8. The summed E-state index contributed by atoms with van der Waals surface area (Å²) in [5.74, 6) is 1.01. The third-order valence-corrected chi connectivity index (χ3v) is 3.45. The topological polar surface area (TPSA) is 29.5 Å². The van der Waals surface area contributed by atoms with Gasteiger partial charge in [0.15, 0.2) is 0 Å². The number of ether oxygens (including phenoxy) is 1. The molecule has 0 aromatic heterocycles. The smallest absolute Gasteiger partial charge is 0.230 e. The monoisotopic (exact) mass is 221 g/mol. The molecule has 2 aliphatic rings. The van der Waals surface area contributed by atoms with Crippen LogP contribution < -0.4 is 0 Å². The van der Waals surface area contributed by atoms with E-state index in [0.29, 0.717) is 5.92 Å².